The molecule has 2 nitrogen and oxygen atoms in total. The summed E-state index contributed by atoms with van der Waals surface area (Å²) in [4.78, 5) is 0. The molecular weight excluding hydrogens is 228 g/mol. The number of benzene rings is 1. The number of rotatable bonds is 5. The van der Waals surface area contributed by atoms with Crippen LogP contribution in [-0.2, 0) is 6.42 Å². The normalized spacial score (nSPS) is 13.7. The molecule has 0 saturated carbocycles. The molecule has 0 bridgehead atoms. The highest BCUT2D eigenvalue weighted by Crippen LogP contribution is 2.28. The second kappa shape index (κ2) is 6.43. The molecule has 0 spiro atoms. The van der Waals surface area contributed by atoms with Gasteiger partial charge in [0, 0.05) is 10.5 Å². The van der Waals surface area contributed by atoms with Crippen molar-refractivity contribution in [3.05, 3.63) is 35.4 Å². The second-order valence-corrected chi connectivity index (χ2v) is 7.08. The van der Waals surface area contributed by atoms with Gasteiger partial charge >= 0.3 is 0 Å². The minimum absolute atomic E-state index is 0.227. The Morgan fingerprint density at radius 1 is 1.24 bits per heavy atom. The third-order valence-electron chi connectivity index (χ3n) is 2.67. The maximum atomic E-state index is 5.64. The van der Waals surface area contributed by atoms with Gasteiger partial charge in [0.05, 0.1) is 6.04 Å². The van der Waals surface area contributed by atoms with Gasteiger partial charge < -0.3 is 0 Å². The molecule has 0 amide bonds. The Bertz CT molecular complexity index is 327. The number of hydrogen-bond donors (Lipinski definition) is 2. The van der Waals surface area contributed by atoms with Crippen molar-refractivity contribution in [1.29, 1.82) is 0 Å². The van der Waals surface area contributed by atoms with Crippen LogP contribution in [-0.4, -0.2) is 10.5 Å². The van der Waals surface area contributed by atoms with E-state index < -0.39 is 0 Å². The fraction of sp³-hybridized carbons (Fsp3) is 0.571. The van der Waals surface area contributed by atoms with Gasteiger partial charge in [-0.3, -0.25) is 11.3 Å². The molecule has 1 aromatic carbocycles. The van der Waals surface area contributed by atoms with Gasteiger partial charge in [-0.15, -0.1) is 0 Å². The number of thioether (sulfide) groups is 1. The van der Waals surface area contributed by atoms with Gasteiger partial charge in [-0.25, -0.2) is 0 Å². The quantitative estimate of drug-likeness (QED) is 0.624. The van der Waals surface area contributed by atoms with Crippen LogP contribution in [0.1, 0.15) is 44.9 Å². The molecule has 1 rings (SSSR count). The first kappa shape index (κ1) is 14.6. The molecule has 1 aromatic rings. The molecule has 0 aliphatic carbocycles. The third-order valence-corrected chi connectivity index (χ3v) is 4.04. The van der Waals surface area contributed by atoms with Crippen LogP contribution in [0.5, 0.6) is 0 Å². The summed E-state index contributed by atoms with van der Waals surface area (Å²) in [6.07, 6.45) is 1.08. The molecule has 0 fully saturated rings. The van der Waals surface area contributed by atoms with Gasteiger partial charge in [-0.2, -0.15) is 11.8 Å². The van der Waals surface area contributed by atoms with Crippen LogP contribution in [0.25, 0.3) is 0 Å². The van der Waals surface area contributed by atoms with Crippen LogP contribution in [0.15, 0.2) is 24.3 Å². The van der Waals surface area contributed by atoms with Crippen LogP contribution in [0, 0.1) is 0 Å². The lowest BCUT2D eigenvalue weighted by atomic mass is 10.1. The standard InChI is InChI=1S/C14H24N2S/c1-5-11-6-8-12(9-7-11)13(16-15)10-17-14(2,3)4/h6-9,13,16H,5,10,15H2,1-4H3. The van der Waals surface area contributed by atoms with Crippen molar-refractivity contribution >= 4 is 11.8 Å². The summed E-state index contributed by atoms with van der Waals surface area (Å²) in [6.45, 7) is 8.85. The van der Waals surface area contributed by atoms with Crippen LogP contribution in [0.4, 0.5) is 0 Å². The number of aryl methyl sites for hydroxylation is 1. The maximum Gasteiger partial charge on any atom is 0.0550 e. The fourth-order valence-corrected chi connectivity index (χ4v) is 2.51. The van der Waals surface area contributed by atoms with E-state index in [1.165, 1.54) is 11.1 Å². The molecule has 0 radical (unpaired) electrons. The average Bonchev–Trinajstić information content (AvgIpc) is 2.29. The van der Waals surface area contributed by atoms with Crippen LogP contribution >= 0.6 is 11.8 Å². The van der Waals surface area contributed by atoms with Crippen molar-refractivity contribution < 1.29 is 0 Å². The Balaban J connectivity index is 2.66. The van der Waals surface area contributed by atoms with E-state index in [0.717, 1.165) is 12.2 Å². The molecule has 3 heteroatoms. The lowest BCUT2D eigenvalue weighted by Crippen LogP contribution is -2.30. The van der Waals surface area contributed by atoms with Gasteiger partial charge in [0.1, 0.15) is 0 Å². The van der Waals surface area contributed by atoms with Crippen molar-refractivity contribution in [3.63, 3.8) is 0 Å². The summed E-state index contributed by atoms with van der Waals surface area (Å²) in [5.74, 6) is 6.63. The van der Waals surface area contributed by atoms with E-state index in [1.807, 2.05) is 11.8 Å². The van der Waals surface area contributed by atoms with E-state index in [-0.39, 0.29) is 10.8 Å². The summed E-state index contributed by atoms with van der Waals surface area (Å²) in [7, 11) is 0. The summed E-state index contributed by atoms with van der Waals surface area (Å²) in [6, 6.07) is 8.94. The van der Waals surface area contributed by atoms with Crippen molar-refractivity contribution in [2.24, 2.45) is 5.84 Å². The molecule has 0 aromatic heterocycles. The molecule has 1 atom stereocenters. The molecule has 0 aliphatic rings. The smallest absolute Gasteiger partial charge is 0.0550 e. The minimum atomic E-state index is 0.227. The van der Waals surface area contributed by atoms with Crippen molar-refractivity contribution in [1.82, 2.24) is 5.43 Å². The summed E-state index contributed by atoms with van der Waals surface area (Å²) in [5.41, 5.74) is 5.54. The zero-order valence-corrected chi connectivity index (χ0v) is 12.1. The average molecular weight is 252 g/mol. The fourth-order valence-electron chi connectivity index (χ4n) is 1.56. The molecule has 3 N–H and O–H groups in total. The lowest BCUT2D eigenvalue weighted by Gasteiger charge is -2.22. The zero-order chi connectivity index (χ0) is 12.9. The lowest BCUT2D eigenvalue weighted by molar-refractivity contribution is 0.607. The Hall–Kier alpha value is -0.510. The summed E-state index contributed by atoms with van der Waals surface area (Å²) in [5, 5.41) is 0. The first-order chi connectivity index (χ1) is 7.96. The topological polar surface area (TPSA) is 38.0 Å². The third kappa shape index (κ3) is 5.11. The van der Waals surface area contributed by atoms with E-state index in [1.54, 1.807) is 0 Å². The highest BCUT2D eigenvalue weighted by atomic mass is 32.2. The SMILES string of the molecule is CCc1ccc(C(CSC(C)(C)C)NN)cc1. The number of nitrogens with one attached hydrogen (secondary N) is 1. The van der Waals surface area contributed by atoms with E-state index in [4.69, 9.17) is 5.84 Å². The van der Waals surface area contributed by atoms with Crippen molar-refractivity contribution in [3.8, 4) is 0 Å². The minimum Gasteiger partial charge on any atom is -0.271 e. The molecule has 0 aliphatic heterocycles. The molecule has 0 heterocycles. The number of hydrogen-bond acceptors (Lipinski definition) is 3. The highest BCUT2D eigenvalue weighted by Gasteiger charge is 2.16. The molecule has 0 saturated heterocycles. The first-order valence-electron chi connectivity index (χ1n) is 6.15. The van der Waals surface area contributed by atoms with Crippen LogP contribution in [0.2, 0.25) is 0 Å². The number of hydrazine groups is 1. The van der Waals surface area contributed by atoms with E-state index >= 15 is 0 Å². The van der Waals surface area contributed by atoms with Crippen molar-refractivity contribution in [2.75, 3.05) is 5.75 Å². The largest absolute Gasteiger partial charge is 0.271 e. The predicted octanol–water partition coefficient (Wildman–Crippen LogP) is 3.29. The number of nitrogens with two attached hydrogens (primary N) is 1. The highest BCUT2D eigenvalue weighted by molar-refractivity contribution is 8.00. The van der Waals surface area contributed by atoms with Crippen molar-refractivity contribution in [2.45, 2.75) is 44.9 Å². The zero-order valence-electron chi connectivity index (χ0n) is 11.3. The molecule has 17 heavy (non-hydrogen) atoms. The monoisotopic (exact) mass is 252 g/mol. The molecule has 96 valence electrons. The maximum absolute atomic E-state index is 5.64. The second-order valence-electron chi connectivity index (χ2n) is 5.24. The van der Waals surface area contributed by atoms with E-state index in [9.17, 15) is 0 Å². The Labute approximate surface area is 109 Å². The first-order valence-corrected chi connectivity index (χ1v) is 7.13. The van der Waals surface area contributed by atoms with Gasteiger partial charge in [0.15, 0.2) is 0 Å². The molecular formula is C14H24N2S. The van der Waals surface area contributed by atoms with E-state index in [2.05, 4.69) is 57.4 Å². The van der Waals surface area contributed by atoms with Gasteiger partial charge in [-0.05, 0) is 17.5 Å². The Morgan fingerprint density at radius 2 is 1.82 bits per heavy atom. The summed E-state index contributed by atoms with van der Waals surface area (Å²) >= 11 is 1.93. The Kier molecular flexibility index (Phi) is 5.50. The summed E-state index contributed by atoms with van der Waals surface area (Å²) < 4.78 is 0.276. The van der Waals surface area contributed by atoms with E-state index in [0.29, 0.717) is 0 Å². The van der Waals surface area contributed by atoms with Crippen LogP contribution in [0.3, 0.4) is 0 Å². The van der Waals surface area contributed by atoms with Gasteiger partial charge in [0.25, 0.3) is 0 Å². The Morgan fingerprint density at radius 3 is 2.24 bits per heavy atom. The van der Waals surface area contributed by atoms with Gasteiger partial charge in [-0.1, -0.05) is 52.0 Å². The van der Waals surface area contributed by atoms with Crippen LogP contribution < -0.4 is 11.3 Å². The van der Waals surface area contributed by atoms with Gasteiger partial charge in [0.2, 0.25) is 0 Å². The predicted molar refractivity (Wildman–Crippen MR) is 78.1 cm³/mol. The molecule has 1 unspecified atom stereocenters.